The fourth-order valence-electron chi connectivity index (χ4n) is 6.08. The third kappa shape index (κ3) is 19.2. The van der Waals surface area contributed by atoms with E-state index in [1.807, 2.05) is 0 Å². The monoisotopic (exact) mass is 892 g/mol. The van der Waals surface area contributed by atoms with E-state index in [2.05, 4.69) is 54.5 Å². The predicted molar refractivity (Wildman–Crippen MR) is 231 cm³/mol. The van der Waals surface area contributed by atoms with E-state index in [-0.39, 0.29) is 37.2 Å². The van der Waals surface area contributed by atoms with Crippen molar-refractivity contribution in [2.24, 2.45) is 22.9 Å². The first-order chi connectivity index (χ1) is 29.7. The molecule has 0 aliphatic heterocycles. The topological polar surface area (TPSA) is 385 Å². The Morgan fingerprint density at radius 2 is 1.06 bits per heavy atom. The zero-order chi connectivity index (χ0) is 46.0. The van der Waals surface area contributed by atoms with Crippen LogP contribution in [0.5, 0.6) is 5.75 Å². The number of aliphatic hydroxyl groups is 1. The lowest BCUT2D eigenvalue weighted by molar-refractivity contribution is -0.142. The van der Waals surface area contributed by atoms with Gasteiger partial charge in [-0.25, -0.2) is 9.78 Å². The number of phenols is 1. The molecule has 0 aliphatic carbocycles. The minimum Gasteiger partial charge on any atom is -0.508 e. The van der Waals surface area contributed by atoms with Crippen LogP contribution in [0, 0.1) is 0 Å². The van der Waals surface area contributed by atoms with Crippen LogP contribution < -0.4 is 54.8 Å². The summed E-state index contributed by atoms with van der Waals surface area (Å²) < 4.78 is 0. The number of aromatic hydroxyl groups is 1. The molecule has 0 bridgehead atoms. The number of aromatic nitrogens is 2. The van der Waals surface area contributed by atoms with Gasteiger partial charge in [-0.05, 0) is 88.7 Å². The van der Waals surface area contributed by atoms with Gasteiger partial charge < -0.3 is 75.1 Å². The lowest BCUT2D eigenvalue weighted by atomic mass is 10.0. The van der Waals surface area contributed by atoms with Crippen molar-refractivity contribution in [2.45, 2.75) is 113 Å². The molecular weight excluding hydrogens is 829 g/mol. The third-order valence-corrected chi connectivity index (χ3v) is 10.1. The molecule has 0 saturated carbocycles. The van der Waals surface area contributed by atoms with Crippen molar-refractivity contribution in [2.75, 3.05) is 32.0 Å². The summed E-state index contributed by atoms with van der Waals surface area (Å²) in [6.07, 6.45) is 6.10. The predicted octanol–water partition coefficient (Wildman–Crippen LogP) is -3.47. The van der Waals surface area contributed by atoms with Crippen molar-refractivity contribution in [1.29, 1.82) is 0 Å². The van der Waals surface area contributed by atoms with Crippen molar-refractivity contribution in [3.05, 3.63) is 48.0 Å². The van der Waals surface area contributed by atoms with Crippen LogP contribution in [0.2, 0.25) is 0 Å². The highest BCUT2D eigenvalue weighted by molar-refractivity contribution is 7.80. The summed E-state index contributed by atoms with van der Waals surface area (Å²) >= 11 is 4.21. The number of thiol groups is 1. The van der Waals surface area contributed by atoms with Crippen LogP contribution in [-0.2, 0) is 46.4 Å². The van der Waals surface area contributed by atoms with Crippen LogP contribution in [0.3, 0.4) is 0 Å². The highest BCUT2D eigenvalue weighted by Crippen LogP contribution is 2.13. The number of carboxylic acids is 1. The number of nitrogens with one attached hydrogen (secondary N) is 7. The van der Waals surface area contributed by atoms with E-state index in [1.165, 1.54) is 24.7 Å². The quantitative estimate of drug-likeness (QED) is 0.0258. The summed E-state index contributed by atoms with van der Waals surface area (Å²) in [6.45, 7) is 0.114. The molecule has 0 radical (unpaired) electrons. The standard InChI is InChI=1S/C39H64N12O10S/c40-14-4-1-7-26(43)33(54)48-29(17-23-10-12-25(53)13-11-23)35(56)49-30(18-24-19-44-22-45-24)36(57)51-32(21-62)38(59)50-31(20-52)37(58)46-27(8-2-5-15-41)34(55)47-28(39(60)61)9-3-6-16-42/h10-13,19,22,26-32,52-53,62H,1-9,14-18,20-21,40-43H2,(H,44,45)(H,46,58)(H,47,55)(H,48,54)(H,49,56)(H,50,59)(H,51,57)(H,60,61)/t26-,27-,28-,29-,30-,31-,32-/m0/s1. The number of carbonyl (C=O) groups is 7. The first-order valence-corrected chi connectivity index (χ1v) is 21.2. The van der Waals surface area contributed by atoms with Gasteiger partial charge in [0, 0.05) is 30.5 Å². The van der Waals surface area contributed by atoms with Crippen molar-refractivity contribution in [3.8, 4) is 5.75 Å². The Morgan fingerprint density at radius 1 is 0.613 bits per heavy atom. The minimum absolute atomic E-state index is 0.0170. The van der Waals surface area contributed by atoms with Gasteiger partial charge in [0.2, 0.25) is 35.4 Å². The molecule has 1 aromatic carbocycles. The fraction of sp³-hybridized carbons (Fsp3) is 0.590. The van der Waals surface area contributed by atoms with Crippen LogP contribution in [0.4, 0.5) is 0 Å². The molecule has 1 heterocycles. The zero-order valence-corrected chi connectivity index (χ0v) is 35.6. The summed E-state index contributed by atoms with van der Waals surface area (Å²) in [5.41, 5.74) is 23.8. The Hall–Kier alpha value is -5.33. The summed E-state index contributed by atoms with van der Waals surface area (Å²) in [7, 11) is 0. The number of benzene rings is 1. The number of nitrogens with two attached hydrogens (primary N) is 4. The molecule has 0 fully saturated rings. The number of aromatic amines is 1. The Bertz CT molecular complexity index is 1710. The maximum absolute atomic E-state index is 13.9. The van der Waals surface area contributed by atoms with Crippen molar-refractivity contribution < 1.29 is 48.9 Å². The molecule has 7 atom stereocenters. The Balaban J connectivity index is 2.26. The van der Waals surface area contributed by atoms with Crippen LogP contribution in [0.15, 0.2) is 36.8 Å². The van der Waals surface area contributed by atoms with Crippen molar-refractivity contribution in [3.63, 3.8) is 0 Å². The second kappa shape index (κ2) is 29.1. The van der Waals surface area contributed by atoms with Crippen LogP contribution >= 0.6 is 12.6 Å². The molecule has 18 N–H and O–H groups in total. The van der Waals surface area contributed by atoms with Gasteiger partial charge in [0.05, 0.1) is 19.0 Å². The van der Waals surface area contributed by atoms with E-state index in [0.717, 1.165) is 0 Å². The SMILES string of the molecule is NCCCC[C@H](NC(=O)[C@H](CCCCN)NC(=O)[C@H](CO)NC(=O)[C@H](CS)NC(=O)[C@H](Cc1cnc[nH]1)NC(=O)[C@H](Cc1ccc(O)cc1)NC(=O)[C@@H](N)CCCCN)C(=O)O. The number of nitrogens with zero attached hydrogens (tertiary/aromatic N) is 1. The van der Waals surface area contributed by atoms with E-state index >= 15 is 0 Å². The molecule has 6 amide bonds. The van der Waals surface area contributed by atoms with Gasteiger partial charge in [-0.2, -0.15) is 12.6 Å². The van der Waals surface area contributed by atoms with Gasteiger partial charge in [-0.15, -0.1) is 0 Å². The molecule has 346 valence electrons. The number of unbranched alkanes of at least 4 members (excludes halogenated alkanes) is 3. The fourth-order valence-corrected chi connectivity index (χ4v) is 6.34. The van der Waals surface area contributed by atoms with Gasteiger partial charge in [0.15, 0.2) is 0 Å². The number of hydrogen-bond acceptors (Lipinski definition) is 15. The Kier molecular flexibility index (Phi) is 24.8. The molecular formula is C39H64N12O10S. The number of carbonyl (C=O) groups excluding carboxylic acids is 6. The largest absolute Gasteiger partial charge is 0.508 e. The summed E-state index contributed by atoms with van der Waals surface area (Å²) in [4.78, 5) is 99.7. The average molecular weight is 893 g/mol. The van der Waals surface area contributed by atoms with Gasteiger partial charge >= 0.3 is 5.97 Å². The van der Waals surface area contributed by atoms with E-state index in [9.17, 15) is 48.9 Å². The molecule has 22 nitrogen and oxygen atoms in total. The second-order valence-electron chi connectivity index (χ2n) is 14.7. The lowest BCUT2D eigenvalue weighted by Crippen LogP contribution is -2.61. The number of aliphatic carboxylic acids is 1. The number of phenolic OH excluding ortho intramolecular Hbond substituents is 1. The van der Waals surface area contributed by atoms with Gasteiger partial charge in [-0.1, -0.05) is 18.6 Å². The van der Waals surface area contributed by atoms with Crippen molar-refractivity contribution in [1.82, 2.24) is 41.9 Å². The molecule has 23 heteroatoms. The van der Waals surface area contributed by atoms with E-state index in [4.69, 9.17) is 22.9 Å². The molecule has 1 aromatic heterocycles. The van der Waals surface area contributed by atoms with Crippen LogP contribution in [-0.4, -0.2) is 141 Å². The number of carboxylic acid groups (broad SMARTS) is 1. The summed E-state index contributed by atoms with van der Waals surface area (Å²) in [6, 6.07) is -3.19. The molecule has 0 unspecified atom stereocenters. The first kappa shape index (κ1) is 52.8. The summed E-state index contributed by atoms with van der Waals surface area (Å²) in [5, 5.41) is 44.6. The highest BCUT2D eigenvalue weighted by atomic mass is 32.1. The van der Waals surface area contributed by atoms with Crippen molar-refractivity contribution >= 4 is 54.0 Å². The molecule has 2 aromatic rings. The Labute approximate surface area is 365 Å². The van der Waals surface area contributed by atoms with E-state index in [1.54, 1.807) is 12.1 Å². The highest BCUT2D eigenvalue weighted by Gasteiger charge is 2.33. The number of H-pyrrole nitrogens is 1. The maximum Gasteiger partial charge on any atom is 0.326 e. The number of amides is 6. The zero-order valence-electron chi connectivity index (χ0n) is 34.7. The van der Waals surface area contributed by atoms with Gasteiger partial charge in [0.1, 0.15) is 42.0 Å². The van der Waals surface area contributed by atoms with Crippen LogP contribution in [0.1, 0.15) is 69.0 Å². The maximum atomic E-state index is 13.9. The molecule has 2 rings (SSSR count). The molecule has 0 saturated heterocycles. The number of hydrogen-bond donors (Lipinski definition) is 15. The molecule has 0 spiro atoms. The first-order valence-electron chi connectivity index (χ1n) is 20.5. The number of aliphatic hydroxyl groups excluding tert-OH is 1. The minimum atomic E-state index is -1.63. The Morgan fingerprint density at radius 3 is 1.60 bits per heavy atom. The lowest BCUT2D eigenvalue weighted by Gasteiger charge is -2.27. The average Bonchev–Trinajstić information content (AvgIpc) is 3.77. The van der Waals surface area contributed by atoms with Gasteiger partial charge in [-0.3, -0.25) is 28.8 Å². The van der Waals surface area contributed by atoms with E-state index < -0.39 is 90.3 Å². The third-order valence-electron chi connectivity index (χ3n) is 9.70. The smallest absolute Gasteiger partial charge is 0.326 e. The second-order valence-corrected chi connectivity index (χ2v) is 15.0. The normalized spacial score (nSPS) is 14.5. The number of imidazole rings is 1. The molecule has 0 aliphatic rings. The van der Waals surface area contributed by atoms with Gasteiger partial charge in [0.25, 0.3) is 0 Å². The number of rotatable bonds is 31. The summed E-state index contributed by atoms with van der Waals surface area (Å²) in [5.74, 6) is -6.58. The molecule has 62 heavy (non-hydrogen) atoms. The van der Waals surface area contributed by atoms with E-state index in [0.29, 0.717) is 75.8 Å². The van der Waals surface area contributed by atoms with Crippen LogP contribution in [0.25, 0.3) is 0 Å².